The summed E-state index contributed by atoms with van der Waals surface area (Å²) in [5.41, 5.74) is 2.97. The Kier molecular flexibility index (Phi) is 2.12. The second kappa shape index (κ2) is 3.43. The minimum atomic E-state index is 0.131. The molecule has 0 amide bonds. The Bertz CT molecular complexity index is 620. The van der Waals surface area contributed by atoms with E-state index in [1.54, 1.807) is 0 Å². The number of hydrogen-bond donors (Lipinski definition) is 0. The molecular weight excluding hydrogens is 206 g/mol. The average molecular weight is 224 g/mol. The van der Waals surface area contributed by atoms with Crippen molar-refractivity contribution in [1.29, 1.82) is 0 Å². The van der Waals surface area contributed by atoms with E-state index in [4.69, 9.17) is 0 Å². The van der Waals surface area contributed by atoms with Crippen molar-refractivity contribution in [3.63, 3.8) is 0 Å². The summed E-state index contributed by atoms with van der Waals surface area (Å²) in [6, 6.07) is 13.2. The quantitative estimate of drug-likeness (QED) is 0.647. The van der Waals surface area contributed by atoms with Gasteiger partial charge in [0.05, 0.1) is 5.41 Å². The molecule has 0 N–H and O–H groups in total. The molecule has 0 radical (unpaired) electrons. The van der Waals surface area contributed by atoms with Crippen molar-refractivity contribution >= 4 is 22.7 Å². The Morgan fingerprint density at radius 1 is 1.06 bits per heavy atom. The van der Waals surface area contributed by atoms with Crippen LogP contribution in [-0.2, 0) is 5.41 Å². The molecule has 2 aromatic carbocycles. The normalized spacial score (nSPS) is 17.0. The van der Waals surface area contributed by atoms with E-state index in [0.29, 0.717) is 0 Å². The van der Waals surface area contributed by atoms with Gasteiger partial charge in [-0.3, -0.25) is 0 Å². The third-order valence-corrected chi connectivity index (χ3v) is 3.68. The second-order valence-electron chi connectivity index (χ2n) is 5.32. The van der Waals surface area contributed by atoms with E-state index in [-0.39, 0.29) is 5.41 Å². The van der Waals surface area contributed by atoms with Gasteiger partial charge in [-0.1, -0.05) is 24.3 Å². The summed E-state index contributed by atoms with van der Waals surface area (Å²) in [5.74, 6) is 0. The Hall–Kier alpha value is -1.63. The SMILES string of the molecule is CC[N+]1=CC(C)(C)c2c1ccc1ccccc21. The summed E-state index contributed by atoms with van der Waals surface area (Å²) in [7, 11) is 0. The average Bonchev–Trinajstić information content (AvgIpc) is 2.61. The zero-order chi connectivity index (χ0) is 12.0. The lowest BCUT2D eigenvalue weighted by Gasteiger charge is -2.13. The number of fused-ring (bicyclic) bond motifs is 3. The Balaban J connectivity index is 2.40. The van der Waals surface area contributed by atoms with E-state index in [1.807, 2.05) is 0 Å². The fraction of sp³-hybridized carbons (Fsp3) is 0.312. The zero-order valence-corrected chi connectivity index (χ0v) is 10.7. The molecule has 1 heterocycles. The van der Waals surface area contributed by atoms with Crippen molar-refractivity contribution in [1.82, 2.24) is 0 Å². The summed E-state index contributed by atoms with van der Waals surface area (Å²) >= 11 is 0. The summed E-state index contributed by atoms with van der Waals surface area (Å²) < 4.78 is 2.36. The standard InChI is InChI=1S/C16H18N/c1-4-17-11-16(2,3)15-13-8-6-5-7-12(13)9-10-14(15)17/h5-11H,4H2,1-3H3/q+1. The van der Waals surface area contributed by atoms with Crippen LogP contribution in [0.4, 0.5) is 5.69 Å². The molecule has 1 aliphatic rings. The number of hydrogen-bond acceptors (Lipinski definition) is 0. The molecule has 0 bridgehead atoms. The van der Waals surface area contributed by atoms with Gasteiger partial charge in [0.25, 0.3) is 0 Å². The van der Waals surface area contributed by atoms with Crippen LogP contribution in [0.5, 0.6) is 0 Å². The largest absolute Gasteiger partial charge is 0.209 e. The smallest absolute Gasteiger partial charge is 0.202 e. The molecule has 86 valence electrons. The summed E-state index contributed by atoms with van der Waals surface area (Å²) in [6.45, 7) is 7.84. The predicted octanol–water partition coefficient (Wildman–Crippen LogP) is 3.87. The van der Waals surface area contributed by atoms with Gasteiger partial charge < -0.3 is 0 Å². The Labute approximate surface area is 102 Å². The van der Waals surface area contributed by atoms with Crippen LogP contribution < -0.4 is 0 Å². The summed E-state index contributed by atoms with van der Waals surface area (Å²) in [4.78, 5) is 0. The molecule has 0 fully saturated rings. The lowest BCUT2D eigenvalue weighted by Crippen LogP contribution is -2.17. The fourth-order valence-electron chi connectivity index (χ4n) is 2.96. The van der Waals surface area contributed by atoms with E-state index in [9.17, 15) is 0 Å². The molecule has 1 heteroatoms. The first kappa shape index (κ1) is 10.5. The molecule has 1 nitrogen and oxygen atoms in total. The van der Waals surface area contributed by atoms with Crippen molar-refractivity contribution in [3.05, 3.63) is 42.0 Å². The van der Waals surface area contributed by atoms with Gasteiger partial charge in [0.15, 0.2) is 6.21 Å². The van der Waals surface area contributed by atoms with Crippen LogP contribution >= 0.6 is 0 Å². The number of nitrogens with zero attached hydrogens (tertiary/aromatic N) is 1. The van der Waals surface area contributed by atoms with E-state index < -0.39 is 0 Å². The molecule has 0 saturated heterocycles. The first-order valence-electron chi connectivity index (χ1n) is 6.28. The van der Waals surface area contributed by atoms with Crippen LogP contribution in [-0.4, -0.2) is 17.3 Å². The highest BCUT2D eigenvalue weighted by Gasteiger charge is 2.37. The minimum Gasteiger partial charge on any atom is -0.202 e. The third-order valence-electron chi connectivity index (χ3n) is 3.68. The molecule has 0 saturated carbocycles. The lowest BCUT2D eigenvalue weighted by molar-refractivity contribution is -0.428. The minimum absolute atomic E-state index is 0.131. The van der Waals surface area contributed by atoms with E-state index in [1.165, 1.54) is 22.0 Å². The molecule has 2 aromatic rings. The molecular formula is C16H18N+. The van der Waals surface area contributed by atoms with Crippen LogP contribution in [0.1, 0.15) is 26.3 Å². The monoisotopic (exact) mass is 224 g/mol. The number of rotatable bonds is 1. The van der Waals surface area contributed by atoms with Gasteiger partial charge in [-0.15, -0.1) is 0 Å². The first-order valence-corrected chi connectivity index (χ1v) is 6.28. The van der Waals surface area contributed by atoms with E-state index >= 15 is 0 Å². The lowest BCUT2D eigenvalue weighted by atomic mass is 9.84. The van der Waals surface area contributed by atoms with Gasteiger partial charge in [0.1, 0.15) is 6.54 Å². The molecule has 0 spiro atoms. The summed E-state index contributed by atoms with van der Waals surface area (Å²) in [5, 5.41) is 2.73. The van der Waals surface area contributed by atoms with E-state index in [0.717, 1.165) is 6.54 Å². The van der Waals surface area contributed by atoms with Gasteiger partial charge in [-0.05, 0) is 37.6 Å². The maximum atomic E-state index is 2.36. The molecule has 17 heavy (non-hydrogen) atoms. The van der Waals surface area contributed by atoms with Crippen LogP contribution in [0, 0.1) is 0 Å². The zero-order valence-electron chi connectivity index (χ0n) is 10.7. The van der Waals surface area contributed by atoms with Gasteiger partial charge in [-0.2, -0.15) is 0 Å². The molecule has 0 unspecified atom stereocenters. The molecule has 3 rings (SSSR count). The van der Waals surface area contributed by atoms with Crippen LogP contribution in [0.15, 0.2) is 36.4 Å². The highest BCUT2D eigenvalue weighted by atomic mass is 15.0. The van der Waals surface area contributed by atoms with Crippen LogP contribution in [0.25, 0.3) is 10.8 Å². The van der Waals surface area contributed by atoms with Crippen molar-refractivity contribution < 1.29 is 4.58 Å². The predicted molar refractivity (Wildman–Crippen MR) is 73.5 cm³/mol. The van der Waals surface area contributed by atoms with Gasteiger partial charge >= 0.3 is 0 Å². The third kappa shape index (κ3) is 1.42. The molecule has 1 aliphatic heterocycles. The maximum absolute atomic E-state index is 2.36. The van der Waals surface area contributed by atoms with Crippen LogP contribution in [0.2, 0.25) is 0 Å². The summed E-state index contributed by atoms with van der Waals surface area (Å²) in [6.07, 6.45) is 2.35. The molecule has 0 aromatic heterocycles. The Morgan fingerprint density at radius 2 is 1.82 bits per heavy atom. The maximum Gasteiger partial charge on any atom is 0.209 e. The Morgan fingerprint density at radius 3 is 2.59 bits per heavy atom. The molecule has 0 atom stereocenters. The van der Waals surface area contributed by atoms with Crippen molar-refractivity contribution in [3.8, 4) is 0 Å². The second-order valence-corrected chi connectivity index (χ2v) is 5.32. The van der Waals surface area contributed by atoms with E-state index in [2.05, 4.69) is 68.0 Å². The highest BCUT2D eigenvalue weighted by molar-refractivity contribution is 5.95. The van der Waals surface area contributed by atoms with Crippen molar-refractivity contribution in [2.45, 2.75) is 26.2 Å². The number of benzene rings is 2. The fourth-order valence-corrected chi connectivity index (χ4v) is 2.96. The van der Waals surface area contributed by atoms with Crippen molar-refractivity contribution in [2.24, 2.45) is 0 Å². The first-order chi connectivity index (χ1) is 8.13. The van der Waals surface area contributed by atoms with Crippen molar-refractivity contribution in [2.75, 3.05) is 6.54 Å². The van der Waals surface area contributed by atoms with Gasteiger partial charge in [0.2, 0.25) is 5.69 Å². The van der Waals surface area contributed by atoms with Crippen LogP contribution in [0.3, 0.4) is 0 Å². The highest BCUT2D eigenvalue weighted by Crippen LogP contribution is 2.40. The van der Waals surface area contributed by atoms with Gasteiger partial charge in [0, 0.05) is 11.6 Å². The topological polar surface area (TPSA) is 3.01 Å². The molecule has 0 aliphatic carbocycles. The van der Waals surface area contributed by atoms with Gasteiger partial charge in [-0.25, -0.2) is 4.58 Å².